The number of H-pyrrole nitrogens is 1. The van der Waals surface area contributed by atoms with Gasteiger partial charge in [-0.3, -0.25) is 10.2 Å². The maximum atomic E-state index is 11.5. The van der Waals surface area contributed by atoms with Crippen LogP contribution in [0.1, 0.15) is 24.6 Å². The Hall–Kier alpha value is -3.52. The molecule has 0 saturated heterocycles. The molecule has 0 spiro atoms. The fraction of sp³-hybridized carbons (Fsp3) is 0.240. The van der Waals surface area contributed by atoms with E-state index in [1.165, 1.54) is 6.92 Å². The Morgan fingerprint density at radius 3 is 2.79 bits per heavy atom. The van der Waals surface area contributed by atoms with Gasteiger partial charge in [0.1, 0.15) is 5.82 Å². The van der Waals surface area contributed by atoms with Gasteiger partial charge in [0.05, 0.1) is 23.8 Å². The van der Waals surface area contributed by atoms with Crippen LogP contribution in [-0.2, 0) is 11.3 Å². The van der Waals surface area contributed by atoms with Crippen LogP contribution in [0.4, 0.5) is 17.2 Å². The largest absolute Gasteiger partial charge is 0.355 e. The second-order valence-electron chi connectivity index (χ2n) is 7.98. The zero-order valence-corrected chi connectivity index (χ0v) is 19.7. The lowest BCUT2D eigenvalue weighted by atomic mass is 9.99. The normalized spacial score (nSPS) is 12.9. The minimum Gasteiger partial charge on any atom is -0.355 e. The van der Waals surface area contributed by atoms with Gasteiger partial charge in [-0.1, -0.05) is 24.8 Å². The molecule has 8 heteroatoms. The molecule has 2 aromatic heterocycles. The minimum absolute atomic E-state index is 0.166. The van der Waals surface area contributed by atoms with Crippen molar-refractivity contribution in [2.45, 2.75) is 19.9 Å². The van der Waals surface area contributed by atoms with Gasteiger partial charge in [0.2, 0.25) is 5.91 Å². The fourth-order valence-electron chi connectivity index (χ4n) is 4.01. The highest BCUT2D eigenvalue weighted by atomic mass is 32.2. The van der Waals surface area contributed by atoms with Crippen LogP contribution in [0, 0.1) is 5.41 Å². The number of amidine groups is 1. The van der Waals surface area contributed by atoms with Crippen molar-refractivity contribution in [3.8, 4) is 11.3 Å². The lowest BCUT2D eigenvalue weighted by Gasteiger charge is -2.31. The Kier molecular flexibility index (Phi) is 6.84. The molecule has 4 N–H and O–H groups in total. The first-order valence-electron chi connectivity index (χ1n) is 10.8. The molecule has 1 aromatic carbocycles. The van der Waals surface area contributed by atoms with Crippen LogP contribution in [0.3, 0.4) is 0 Å². The molecular weight excluding hydrogens is 432 g/mol. The topological polar surface area (TPSA) is 96.9 Å². The fourth-order valence-corrected chi connectivity index (χ4v) is 4.40. The molecule has 3 heterocycles. The van der Waals surface area contributed by atoms with Gasteiger partial charge in [0.25, 0.3) is 0 Å². The third-order valence-corrected chi connectivity index (χ3v) is 6.09. The molecule has 170 valence electrons. The third kappa shape index (κ3) is 5.12. The summed E-state index contributed by atoms with van der Waals surface area (Å²) in [6.07, 6.45) is 4.48. The Morgan fingerprint density at radius 2 is 2.06 bits per heavy atom. The van der Waals surface area contributed by atoms with E-state index in [0.717, 1.165) is 51.6 Å². The van der Waals surface area contributed by atoms with E-state index in [9.17, 15) is 4.79 Å². The van der Waals surface area contributed by atoms with E-state index in [0.29, 0.717) is 24.7 Å². The molecule has 0 radical (unpaired) electrons. The first-order chi connectivity index (χ1) is 16.0. The Balaban J connectivity index is 1.76. The molecule has 0 aliphatic carbocycles. The van der Waals surface area contributed by atoms with Crippen molar-refractivity contribution in [1.29, 1.82) is 5.41 Å². The molecule has 0 unspecified atom stereocenters. The maximum Gasteiger partial charge on any atom is 0.222 e. The van der Waals surface area contributed by atoms with Gasteiger partial charge in [-0.2, -0.15) is 11.8 Å². The van der Waals surface area contributed by atoms with Crippen LogP contribution in [0.2, 0.25) is 0 Å². The van der Waals surface area contributed by atoms with Crippen molar-refractivity contribution in [2.24, 2.45) is 0 Å². The van der Waals surface area contributed by atoms with E-state index in [1.54, 1.807) is 18.0 Å². The summed E-state index contributed by atoms with van der Waals surface area (Å²) in [5, 5.41) is 14.8. The van der Waals surface area contributed by atoms with Crippen molar-refractivity contribution in [1.82, 2.24) is 14.9 Å². The number of hydrogen-bond acceptors (Lipinski definition) is 5. The summed E-state index contributed by atoms with van der Waals surface area (Å²) >= 11 is 1.75. The number of amides is 1. The molecule has 0 atom stereocenters. The monoisotopic (exact) mass is 460 g/mol. The van der Waals surface area contributed by atoms with Crippen LogP contribution in [0.5, 0.6) is 0 Å². The summed E-state index contributed by atoms with van der Waals surface area (Å²) in [4.78, 5) is 21.4. The number of carbonyl (C=O) groups excluding carboxylic acids is 1. The lowest BCUT2D eigenvalue weighted by Crippen LogP contribution is -2.35. The first kappa shape index (κ1) is 22.7. The number of thioether (sulfide) groups is 1. The molecule has 1 amide bonds. The average molecular weight is 461 g/mol. The van der Waals surface area contributed by atoms with Gasteiger partial charge in [-0.15, -0.1) is 0 Å². The highest BCUT2D eigenvalue weighted by Gasteiger charge is 2.28. The number of benzene rings is 1. The number of para-hydroxylation sites is 1. The van der Waals surface area contributed by atoms with E-state index >= 15 is 0 Å². The summed E-state index contributed by atoms with van der Waals surface area (Å²) < 4.78 is 0. The van der Waals surface area contributed by atoms with Crippen LogP contribution < -0.4 is 10.6 Å². The second kappa shape index (κ2) is 9.95. The molecular formula is C25H28N6OS. The Labute approximate surface area is 198 Å². The minimum atomic E-state index is -0.166. The summed E-state index contributed by atoms with van der Waals surface area (Å²) in [6.45, 7) is 7.07. The van der Waals surface area contributed by atoms with E-state index in [2.05, 4.69) is 38.3 Å². The zero-order valence-electron chi connectivity index (χ0n) is 18.9. The van der Waals surface area contributed by atoms with Crippen molar-refractivity contribution in [3.05, 3.63) is 66.5 Å². The number of aromatic nitrogens is 2. The highest BCUT2D eigenvalue weighted by Crippen LogP contribution is 2.41. The third-order valence-electron chi connectivity index (χ3n) is 5.48. The molecule has 1 aliphatic rings. The summed E-state index contributed by atoms with van der Waals surface area (Å²) in [5.74, 6) is 1.88. The average Bonchev–Trinajstić information content (AvgIpc) is 3.16. The molecule has 0 saturated carbocycles. The van der Waals surface area contributed by atoms with E-state index in [1.807, 2.05) is 42.5 Å². The van der Waals surface area contributed by atoms with Crippen LogP contribution in [0.25, 0.3) is 16.8 Å². The standard InChI is InChI=1S/C25H28N6OS/c1-16-14-31(21(26)10-12-33-3)15-20-23(16)25(29-19-7-5-4-6-8-19)24(30-20)18-9-11-27-22(13-18)28-17(2)32/h4-9,11,13,26,29-30H,1,10,12,14-15H2,2-3H3,(H,27,28,32). The number of carbonyl (C=O) groups is 1. The second-order valence-corrected chi connectivity index (χ2v) is 8.97. The van der Waals surface area contributed by atoms with Crippen molar-refractivity contribution in [2.75, 3.05) is 29.2 Å². The smallest absolute Gasteiger partial charge is 0.222 e. The van der Waals surface area contributed by atoms with Gasteiger partial charge < -0.3 is 20.5 Å². The number of fused-ring (bicyclic) bond motifs is 1. The predicted molar refractivity (Wildman–Crippen MR) is 138 cm³/mol. The molecule has 7 nitrogen and oxygen atoms in total. The number of nitrogens with zero attached hydrogens (tertiary/aromatic N) is 2. The van der Waals surface area contributed by atoms with Crippen molar-refractivity contribution < 1.29 is 4.79 Å². The number of anilines is 3. The van der Waals surface area contributed by atoms with Gasteiger partial charge in [0.15, 0.2) is 0 Å². The first-order valence-corrected chi connectivity index (χ1v) is 12.2. The Bertz CT molecular complexity index is 1190. The van der Waals surface area contributed by atoms with Gasteiger partial charge in [0, 0.05) is 48.6 Å². The van der Waals surface area contributed by atoms with Gasteiger partial charge >= 0.3 is 0 Å². The molecule has 3 aromatic rings. The number of hydrogen-bond donors (Lipinski definition) is 4. The summed E-state index contributed by atoms with van der Waals surface area (Å²) in [5.41, 5.74) is 6.75. The summed E-state index contributed by atoms with van der Waals surface area (Å²) in [7, 11) is 0. The highest BCUT2D eigenvalue weighted by molar-refractivity contribution is 7.98. The molecule has 4 rings (SSSR count). The quantitative estimate of drug-likeness (QED) is 0.282. The summed E-state index contributed by atoms with van der Waals surface area (Å²) in [6, 6.07) is 13.8. The number of rotatable bonds is 7. The lowest BCUT2D eigenvalue weighted by molar-refractivity contribution is -0.114. The number of pyridine rings is 1. The van der Waals surface area contributed by atoms with E-state index in [-0.39, 0.29) is 5.91 Å². The van der Waals surface area contributed by atoms with Crippen LogP contribution in [-0.4, -0.2) is 45.2 Å². The van der Waals surface area contributed by atoms with E-state index in [4.69, 9.17) is 5.41 Å². The molecule has 0 bridgehead atoms. The molecule has 1 aliphatic heterocycles. The molecule has 0 fully saturated rings. The Morgan fingerprint density at radius 1 is 1.27 bits per heavy atom. The zero-order chi connectivity index (χ0) is 23.4. The van der Waals surface area contributed by atoms with Gasteiger partial charge in [-0.25, -0.2) is 4.98 Å². The maximum absolute atomic E-state index is 11.5. The number of nitrogens with one attached hydrogen (secondary N) is 4. The predicted octanol–water partition coefficient (Wildman–Crippen LogP) is 5.34. The number of aromatic amines is 1. The molecule has 33 heavy (non-hydrogen) atoms. The SMILES string of the molecule is C=C1CN(C(=N)CCSC)Cc2[nH]c(-c3ccnc(NC(C)=O)c3)c(Nc3ccccc3)c21. The van der Waals surface area contributed by atoms with Crippen LogP contribution in [0.15, 0.2) is 55.2 Å². The van der Waals surface area contributed by atoms with E-state index < -0.39 is 0 Å². The van der Waals surface area contributed by atoms with Crippen LogP contribution >= 0.6 is 11.8 Å². The van der Waals surface area contributed by atoms with Gasteiger partial charge in [-0.05, 0) is 41.8 Å². The van der Waals surface area contributed by atoms with Crippen molar-refractivity contribution >= 4 is 46.3 Å². The van der Waals surface area contributed by atoms with Crippen molar-refractivity contribution in [3.63, 3.8) is 0 Å².